The van der Waals surface area contributed by atoms with Gasteiger partial charge in [-0.15, -0.1) is 0 Å². The highest BCUT2D eigenvalue weighted by Gasteiger charge is 2.23. The molecule has 1 amide bonds. The molecule has 1 fully saturated rings. The Morgan fingerprint density at radius 2 is 2.40 bits per heavy atom. The van der Waals surface area contributed by atoms with Crippen molar-refractivity contribution < 1.29 is 4.79 Å². The van der Waals surface area contributed by atoms with Crippen molar-refractivity contribution in [2.24, 2.45) is 0 Å². The van der Waals surface area contributed by atoms with Gasteiger partial charge in [0.2, 0.25) is 5.91 Å². The van der Waals surface area contributed by atoms with Gasteiger partial charge in [-0.3, -0.25) is 9.78 Å². The summed E-state index contributed by atoms with van der Waals surface area (Å²) >= 11 is 6.04. The molecule has 4 nitrogen and oxygen atoms in total. The van der Waals surface area contributed by atoms with Crippen LogP contribution in [0.4, 0.5) is 5.69 Å². The van der Waals surface area contributed by atoms with Crippen molar-refractivity contribution in [3.63, 3.8) is 0 Å². The normalized spacial score (nSPS) is 21.1. The molecule has 0 spiro atoms. The number of amides is 1. The number of rotatable bonds is 1. The molecule has 1 aromatic rings. The number of nitrogens with one attached hydrogen (secondary N) is 1. The molecule has 2 heterocycles. The Bertz CT molecular complexity index is 394. The van der Waals surface area contributed by atoms with Crippen molar-refractivity contribution in [3.05, 3.63) is 23.0 Å². The number of piperidine rings is 1. The SMILES string of the molecule is Nc1cnc([C@H]2CCNC(=O)C2)c(Cl)c1. The van der Waals surface area contributed by atoms with Crippen LogP contribution in [0.15, 0.2) is 12.3 Å². The summed E-state index contributed by atoms with van der Waals surface area (Å²) in [4.78, 5) is 15.4. The third-order valence-electron chi connectivity index (χ3n) is 2.52. The lowest BCUT2D eigenvalue weighted by Crippen LogP contribution is -2.32. The number of carbonyl (C=O) groups is 1. The molecule has 15 heavy (non-hydrogen) atoms. The van der Waals surface area contributed by atoms with E-state index in [1.165, 1.54) is 0 Å². The van der Waals surface area contributed by atoms with Crippen LogP contribution in [0.1, 0.15) is 24.5 Å². The summed E-state index contributed by atoms with van der Waals surface area (Å²) in [6, 6.07) is 1.68. The minimum Gasteiger partial charge on any atom is -0.397 e. The van der Waals surface area contributed by atoms with Gasteiger partial charge in [-0.1, -0.05) is 11.6 Å². The van der Waals surface area contributed by atoms with Crippen LogP contribution in [0.5, 0.6) is 0 Å². The first-order chi connectivity index (χ1) is 7.16. The minimum atomic E-state index is 0.0564. The first-order valence-electron chi connectivity index (χ1n) is 4.84. The Kier molecular flexibility index (Phi) is 2.77. The first kappa shape index (κ1) is 10.2. The van der Waals surface area contributed by atoms with Crippen molar-refractivity contribution in [2.75, 3.05) is 12.3 Å². The maximum absolute atomic E-state index is 11.2. The molecule has 2 rings (SSSR count). The van der Waals surface area contributed by atoms with E-state index < -0.39 is 0 Å². The number of carbonyl (C=O) groups excluding carboxylic acids is 1. The molecule has 1 atom stereocenters. The summed E-state index contributed by atoms with van der Waals surface area (Å²) in [5.41, 5.74) is 6.88. The maximum atomic E-state index is 11.2. The summed E-state index contributed by atoms with van der Waals surface area (Å²) in [6.07, 6.45) is 2.91. The molecule has 1 saturated heterocycles. The molecule has 1 aliphatic rings. The van der Waals surface area contributed by atoms with Crippen molar-refractivity contribution in [1.82, 2.24) is 10.3 Å². The monoisotopic (exact) mass is 225 g/mol. The molecule has 80 valence electrons. The molecule has 1 aliphatic heterocycles. The van der Waals surface area contributed by atoms with Gasteiger partial charge < -0.3 is 11.1 Å². The number of nitrogens with two attached hydrogens (primary N) is 1. The fraction of sp³-hybridized carbons (Fsp3) is 0.400. The van der Waals surface area contributed by atoms with Gasteiger partial charge in [-0.05, 0) is 12.5 Å². The molecule has 0 saturated carbocycles. The Balaban J connectivity index is 2.24. The van der Waals surface area contributed by atoms with Crippen LogP contribution in [-0.4, -0.2) is 17.4 Å². The average molecular weight is 226 g/mol. The lowest BCUT2D eigenvalue weighted by molar-refractivity contribution is -0.122. The van der Waals surface area contributed by atoms with E-state index in [9.17, 15) is 4.79 Å². The molecule has 0 unspecified atom stereocenters. The Hall–Kier alpha value is -1.29. The summed E-state index contributed by atoms with van der Waals surface area (Å²) in [5, 5.41) is 3.33. The van der Waals surface area contributed by atoms with E-state index >= 15 is 0 Å². The number of pyridine rings is 1. The van der Waals surface area contributed by atoms with Gasteiger partial charge in [0.25, 0.3) is 0 Å². The van der Waals surface area contributed by atoms with Crippen LogP contribution >= 0.6 is 11.6 Å². The van der Waals surface area contributed by atoms with Gasteiger partial charge in [0.1, 0.15) is 0 Å². The smallest absolute Gasteiger partial charge is 0.220 e. The maximum Gasteiger partial charge on any atom is 0.220 e. The van der Waals surface area contributed by atoms with Gasteiger partial charge in [0.15, 0.2) is 0 Å². The molecule has 3 N–H and O–H groups in total. The van der Waals surface area contributed by atoms with E-state index in [4.69, 9.17) is 17.3 Å². The predicted octanol–water partition coefficient (Wildman–Crippen LogP) is 1.31. The number of hydrogen-bond acceptors (Lipinski definition) is 3. The number of halogens is 1. The van der Waals surface area contributed by atoms with Crippen LogP contribution in [0.3, 0.4) is 0 Å². The van der Waals surface area contributed by atoms with Gasteiger partial charge >= 0.3 is 0 Å². The van der Waals surface area contributed by atoms with Crippen LogP contribution in [0, 0.1) is 0 Å². The third-order valence-corrected chi connectivity index (χ3v) is 2.83. The standard InChI is InChI=1S/C10H12ClN3O/c11-8-4-7(12)5-14-10(8)6-1-2-13-9(15)3-6/h4-6H,1-3,12H2,(H,13,15)/t6-/m0/s1. The summed E-state index contributed by atoms with van der Waals surface area (Å²) in [6.45, 7) is 0.686. The van der Waals surface area contributed by atoms with E-state index in [-0.39, 0.29) is 11.8 Å². The summed E-state index contributed by atoms with van der Waals surface area (Å²) in [5.74, 6) is 0.174. The lowest BCUT2D eigenvalue weighted by Gasteiger charge is -2.22. The highest BCUT2D eigenvalue weighted by molar-refractivity contribution is 6.31. The molecular formula is C10H12ClN3O. The van der Waals surface area contributed by atoms with E-state index in [0.29, 0.717) is 23.7 Å². The Labute approximate surface area is 92.8 Å². The fourth-order valence-corrected chi connectivity index (χ4v) is 2.11. The first-order valence-corrected chi connectivity index (χ1v) is 5.22. The Morgan fingerprint density at radius 1 is 1.60 bits per heavy atom. The van der Waals surface area contributed by atoms with Crippen LogP contribution in [-0.2, 0) is 4.79 Å². The zero-order valence-electron chi connectivity index (χ0n) is 8.16. The van der Waals surface area contributed by atoms with Gasteiger partial charge in [0, 0.05) is 18.9 Å². The highest BCUT2D eigenvalue weighted by atomic mass is 35.5. The molecule has 0 aliphatic carbocycles. The Morgan fingerprint density at radius 3 is 3.07 bits per heavy atom. The summed E-state index contributed by atoms with van der Waals surface area (Å²) < 4.78 is 0. The average Bonchev–Trinajstić information content (AvgIpc) is 2.17. The third kappa shape index (κ3) is 2.21. The number of aromatic nitrogens is 1. The zero-order valence-corrected chi connectivity index (χ0v) is 8.92. The van der Waals surface area contributed by atoms with E-state index in [2.05, 4.69) is 10.3 Å². The molecule has 0 aromatic carbocycles. The van der Waals surface area contributed by atoms with E-state index in [1.807, 2.05) is 0 Å². The number of nitrogens with zero attached hydrogens (tertiary/aromatic N) is 1. The predicted molar refractivity (Wildman–Crippen MR) is 58.6 cm³/mol. The highest BCUT2D eigenvalue weighted by Crippen LogP contribution is 2.30. The van der Waals surface area contributed by atoms with Crippen molar-refractivity contribution in [1.29, 1.82) is 0 Å². The second-order valence-corrected chi connectivity index (χ2v) is 4.08. The van der Waals surface area contributed by atoms with Crippen LogP contribution in [0.2, 0.25) is 5.02 Å². The van der Waals surface area contributed by atoms with Crippen LogP contribution < -0.4 is 11.1 Å². The fourth-order valence-electron chi connectivity index (χ4n) is 1.78. The molecule has 1 aromatic heterocycles. The van der Waals surface area contributed by atoms with E-state index in [1.54, 1.807) is 12.3 Å². The molecular weight excluding hydrogens is 214 g/mol. The van der Waals surface area contributed by atoms with Crippen molar-refractivity contribution in [3.8, 4) is 0 Å². The van der Waals surface area contributed by atoms with Gasteiger partial charge in [-0.25, -0.2) is 0 Å². The lowest BCUT2D eigenvalue weighted by atomic mass is 9.93. The zero-order chi connectivity index (χ0) is 10.8. The quantitative estimate of drug-likeness (QED) is 0.757. The van der Waals surface area contributed by atoms with Gasteiger partial charge in [-0.2, -0.15) is 0 Å². The van der Waals surface area contributed by atoms with Crippen LogP contribution in [0.25, 0.3) is 0 Å². The molecule has 0 bridgehead atoms. The second-order valence-electron chi connectivity index (χ2n) is 3.68. The number of nitrogen functional groups attached to an aromatic ring is 1. The second kappa shape index (κ2) is 4.06. The minimum absolute atomic E-state index is 0.0564. The van der Waals surface area contributed by atoms with Gasteiger partial charge in [0.05, 0.1) is 22.6 Å². The van der Waals surface area contributed by atoms with Crippen molar-refractivity contribution in [2.45, 2.75) is 18.8 Å². The number of anilines is 1. The number of hydrogen-bond donors (Lipinski definition) is 2. The van der Waals surface area contributed by atoms with E-state index in [0.717, 1.165) is 12.1 Å². The molecule has 5 heteroatoms. The summed E-state index contributed by atoms with van der Waals surface area (Å²) in [7, 11) is 0. The topological polar surface area (TPSA) is 68.0 Å². The largest absolute Gasteiger partial charge is 0.397 e. The molecule has 0 radical (unpaired) electrons. The van der Waals surface area contributed by atoms with Crippen molar-refractivity contribution >= 4 is 23.2 Å².